The van der Waals surface area contributed by atoms with Crippen molar-refractivity contribution in [1.82, 2.24) is 29.6 Å². The SMILES string of the molecule is O=c1cccnn1CCN1CCN(c2ccc3nccnc3n2)CC1. The van der Waals surface area contributed by atoms with E-state index in [2.05, 4.69) is 29.9 Å². The Kier molecular flexibility index (Phi) is 4.34. The number of pyridine rings is 1. The molecular weight excluding hydrogens is 318 g/mol. The highest BCUT2D eigenvalue weighted by Gasteiger charge is 2.18. The second kappa shape index (κ2) is 6.94. The quantitative estimate of drug-likeness (QED) is 0.682. The Morgan fingerprint density at radius 2 is 1.76 bits per heavy atom. The van der Waals surface area contributed by atoms with E-state index >= 15 is 0 Å². The molecule has 8 heteroatoms. The van der Waals surface area contributed by atoms with E-state index in [0.29, 0.717) is 12.2 Å². The Hall–Kier alpha value is -2.87. The molecule has 0 aromatic carbocycles. The van der Waals surface area contributed by atoms with Crippen LogP contribution in [-0.2, 0) is 6.54 Å². The normalized spacial score (nSPS) is 15.6. The minimum Gasteiger partial charge on any atom is -0.354 e. The predicted octanol–water partition coefficient (Wildman–Crippen LogP) is 0.404. The summed E-state index contributed by atoms with van der Waals surface area (Å²) in [5, 5.41) is 4.10. The van der Waals surface area contributed by atoms with Gasteiger partial charge < -0.3 is 4.90 Å². The van der Waals surface area contributed by atoms with Gasteiger partial charge in [0.05, 0.1) is 6.54 Å². The van der Waals surface area contributed by atoms with Crippen molar-refractivity contribution in [3.63, 3.8) is 0 Å². The van der Waals surface area contributed by atoms with Crippen molar-refractivity contribution in [2.45, 2.75) is 6.54 Å². The number of hydrogen-bond acceptors (Lipinski definition) is 7. The third-order valence-electron chi connectivity index (χ3n) is 4.43. The summed E-state index contributed by atoms with van der Waals surface area (Å²) in [6, 6.07) is 7.17. The molecule has 0 amide bonds. The highest BCUT2D eigenvalue weighted by Crippen LogP contribution is 2.16. The molecule has 1 aliphatic rings. The molecule has 8 nitrogen and oxygen atoms in total. The molecule has 1 aliphatic heterocycles. The van der Waals surface area contributed by atoms with E-state index in [1.165, 1.54) is 4.68 Å². The first-order chi connectivity index (χ1) is 12.3. The molecule has 0 atom stereocenters. The molecule has 1 fully saturated rings. The highest BCUT2D eigenvalue weighted by atomic mass is 16.1. The molecule has 0 unspecified atom stereocenters. The zero-order valence-electron chi connectivity index (χ0n) is 13.8. The second-order valence-corrected chi connectivity index (χ2v) is 5.98. The van der Waals surface area contributed by atoms with Crippen molar-refractivity contribution in [1.29, 1.82) is 0 Å². The van der Waals surface area contributed by atoms with E-state index in [9.17, 15) is 4.79 Å². The van der Waals surface area contributed by atoms with E-state index in [1.807, 2.05) is 12.1 Å². The molecule has 0 saturated carbocycles. The number of rotatable bonds is 4. The van der Waals surface area contributed by atoms with Gasteiger partial charge in [0.15, 0.2) is 5.65 Å². The first-order valence-corrected chi connectivity index (χ1v) is 8.37. The fourth-order valence-corrected chi connectivity index (χ4v) is 3.01. The average Bonchev–Trinajstić information content (AvgIpc) is 2.67. The summed E-state index contributed by atoms with van der Waals surface area (Å²) >= 11 is 0. The molecule has 0 aliphatic carbocycles. The molecular formula is C17H19N7O. The largest absolute Gasteiger partial charge is 0.354 e. The predicted molar refractivity (Wildman–Crippen MR) is 94.5 cm³/mol. The maximum Gasteiger partial charge on any atom is 0.266 e. The van der Waals surface area contributed by atoms with Gasteiger partial charge in [-0.1, -0.05) is 0 Å². The number of anilines is 1. The summed E-state index contributed by atoms with van der Waals surface area (Å²) in [6.07, 6.45) is 4.99. The lowest BCUT2D eigenvalue weighted by molar-refractivity contribution is 0.242. The summed E-state index contributed by atoms with van der Waals surface area (Å²) in [4.78, 5) is 29.4. The lowest BCUT2D eigenvalue weighted by Crippen LogP contribution is -2.48. The molecule has 0 bridgehead atoms. The van der Waals surface area contributed by atoms with Crippen LogP contribution in [0.4, 0.5) is 5.82 Å². The number of nitrogens with zero attached hydrogens (tertiary/aromatic N) is 7. The van der Waals surface area contributed by atoms with Crippen molar-refractivity contribution in [2.75, 3.05) is 37.6 Å². The van der Waals surface area contributed by atoms with E-state index in [0.717, 1.165) is 44.1 Å². The van der Waals surface area contributed by atoms with Gasteiger partial charge in [0.1, 0.15) is 11.3 Å². The van der Waals surface area contributed by atoms with Crippen LogP contribution in [0, 0.1) is 0 Å². The number of piperazine rings is 1. The molecule has 4 rings (SSSR count). The molecule has 3 aromatic heterocycles. The van der Waals surface area contributed by atoms with E-state index in [4.69, 9.17) is 0 Å². The first kappa shape index (κ1) is 15.6. The van der Waals surface area contributed by atoms with Crippen LogP contribution in [0.3, 0.4) is 0 Å². The number of hydrogen-bond donors (Lipinski definition) is 0. The van der Waals surface area contributed by atoms with Gasteiger partial charge in [-0.3, -0.25) is 14.7 Å². The van der Waals surface area contributed by atoms with E-state index in [1.54, 1.807) is 30.7 Å². The van der Waals surface area contributed by atoms with Gasteiger partial charge in [0.2, 0.25) is 0 Å². The van der Waals surface area contributed by atoms with Crippen molar-refractivity contribution < 1.29 is 0 Å². The third kappa shape index (κ3) is 3.48. The minimum atomic E-state index is -0.0531. The van der Waals surface area contributed by atoms with Gasteiger partial charge >= 0.3 is 0 Å². The maximum atomic E-state index is 11.7. The van der Waals surface area contributed by atoms with Crippen LogP contribution in [0.2, 0.25) is 0 Å². The first-order valence-electron chi connectivity index (χ1n) is 8.37. The van der Waals surface area contributed by atoms with Gasteiger partial charge in [0, 0.05) is 57.4 Å². The smallest absolute Gasteiger partial charge is 0.266 e. The summed E-state index contributed by atoms with van der Waals surface area (Å²) in [6.45, 7) is 5.10. The third-order valence-corrected chi connectivity index (χ3v) is 4.43. The molecule has 4 heterocycles. The second-order valence-electron chi connectivity index (χ2n) is 5.98. The van der Waals surface area contributed by atoms with Gasteiger partial charge in [-0.15, -0.1) is 0 Å². The standard InChI is InChI=1S/C17H19N7O/c25-16-2-1-5-20-24(16)13-10-22-8-11-23(12-9-22)15-4-3-14-17(21-15)19-7-6-18-14/h1-7H,8-13H2. The zero-order valence-corrected chi connectivity index (χ0v) is 13.8. The van der Waals surface area contributed by atoms with Gasteiger partial charge in [-0.05, 0) is 18.2 Å². The molecule has 3 aromatic rings. The molecule has 0 radical (unpaired) electrons. The van der Waals surface area contributed by atoms with Crippen LogP contribution in [0.25, 0.3) is 11.2 Å². The van der Waals surface area contributed by atoms with Gasteiger partial charge in [-0.2, -0.15) is 5.10 Å². The van der Waals surface area contributed by atoms with Crippen LogP contribution < -0.4 is 10.5 Å². The van der Waals surface area contributed by atoms with Crippen LogP contribution >= 0.6 is 0 Å². The Morgan fingerprint density at radius 3 is 2.60 bits per heavy atom. The van der Waals surface area contributed by atoms with Crippen LogP contribution in [0.15, 0.2) is 47.7 Å². The number of aromatic nitrogens is 5. The van der Waals surface area contributed by atoms with Crippen molar-refractivity contribution >= 4 is 17.0 Å². The summed E-state index contributed by atoms with van der Waals surface area (Å²) < 4.78 is 1.51. The number of fused-ring (bicyclic) bond motifs is 1. The van der Waals surface area contributed by atoms with Gasteiger partial charge in [-0.25, -0.2) is 14.6 Å². The Labute approximate surface area is 144 Å². The van der Waals surface area contributed by atoms with Crippen LogP contribution in [-0.4, -0.2) is 62.4 Å². The van der Waals surface area contributed by atoms with E-state index in [-0.39, 0.29) is 5.56 Å². The fourth-order valence-electron chi connectivity index (χ4n) is 3.01. The lowest BCUT2D eigenvalue weighted by atomic mass is 10.3. The molecule has 0 spiro atoms. The van der Waals surface area contributed by atoms with Crippen LogP contribution in [0.5, 0.6) is 0 Å². The summed E-state index contributed by atoms with van der Waals surface area (Å²) in [5.74, 6) is 0.939. The molecule has 0 N–H and O–H groups in total. The van der Waals surface area contributed by atoms with Gasteiger partial charge in [0.25, 0.3) is 5.56 Å². The summed E-state index contributed by atoms with van der Waals surface area (Å²) in [7, 11) is 0. The maximum absolute atomic E-state index is 11.7. The summed E-state index contributed by atoms with van der Waals surface area (Å²) in [5.41, 5.74) is 1.44. The average molecular weight is 337 g/mol. The van der Waals surface area contributed by atoms with Crippen molar-refractivity contribution in [3.05, 3.63) is 53.2 Å². The van der Waals surface area contributed by atoms with Crippen molar-refractivity contribution in [2.24, 2.45) is 0 Å². The zero-order chi connectivity index (χ0) is 17.1. The fraction of sp³-hybridized carbons (Fsp3) is 0.353. The topological polar surface area (TPSA) is 80.0 Å². The van der Waals surface area contributed by atoms with Crippen molar-refractivity contribution in [3.8, 4) is 0 Å². The van der Waals surface area contributed by atoms with Crippen LogP contribution in [0.1, 0.15) is 0 Å². The Morgan fingerprint density at radius 1 is 0.920 bits per heavy atom. The highest BCUT2D eigenvalue weighted by molar-refractivity contribution is 5.71. The lowest BCUT2D eigenvalue weighted by Gasteiger charge is -2.35. The molecule has 1 saturated heterocycles. The monoisotopic (exact) mass is 337 g/mol. The Balaban J connectivity index is 1.36. The Bertz CT molecular complexity index is 918. The van der Waals surface area contributed by atoms with E-state index < -0.39 is 0 Å². The molecule has 128 valence electrons. The minimum absolute atomic E-state index is 0.0531. The molecule has 25 heavy (non-hydrogen) atoms.